The molecule has 0 saturated carbocycles. The lowest BCUT2D eigenvalue weighted by atomic mass is 10.1. The molecule has 0 aromatic heterocycles. The predicted molar refractivity (Wildman–Crippen MR) is 107 cm³/mol. The second-order valence-electron chi connectivity index (χ2n) is 6.12. The van der Waals surface area contributed by atoms with E-state index in [9.17, 15) is 14.7 Å². The largest absolute Gasteiger partial charge is 0.508 e. The molecular weight excluding hydrogens is 378 g/mol. The summed E-state index contributed by atoms with van der Waals surface area (Å²) in [7, 11) is 0. The van der Waals surface area contributed by atoms with Crippen molar-refractivity contribution in [1.82, 2.24) is 0 Å². The van der Waals surface area contributed by atoms with Gasteiger partial charge in [-0.2, -0.15) is 0 Å². The van der Waals surface area contributed by atoms with Crippen molar-refractivity contribution in [2.24, 2.45) is 0 Å². The van der Waals surface area contributed by atoms with Crippen LogP contribution < -0.4 is 5.32 Å². The highest BCUT2D eigenvalue weighted by Gasteiger charge is 2.25. The number of benzene rings is 3. The van der Waals surface area contributed by atoms with E-state index in [-0.39, 0.29) is 12.2 Å². The molecule has 3 aromatic carbocycles. The molecule has 1 atom stereocenters. The summed E-state index contributed by atoms with van der Waals surface area (Å²) in [6.07, 6.45) is -1.08. The molecule has 3 rings (SSSR count). The van der Waals surface area contributed by atoms with Crippen molar-refractivity contribution in [2.45, 2.75) is 12.5 Å². The van der Waals surface area contributed by atoms with Gasteiger partial charge >= 0.3 is 5.97 Å². The number of esters is 1. The Bertz CT molecular complexity index is 941. The third kappa shape index (κ3) is 5.34. The van der Waals surface area contributed by atoms with Crippen LogP contribution in [0.15, 0.2) is 78.9 Å². The highest BCUT2D eigenvalue weighted by atomic mass is 35.5. The van der Waals surface area contributed by atoms with Crippen LogP contribution in [0.3, 0.4) is 0 Å². The number of phenols is 1. The van der Waals surface area contributed by atoms with Crippen LogP contribution in [0, 0.1) is 0 Å². The van der Waals surface area contributed by atoms with Crippen LogP contribution in [-0.2, 0) is 20.7 Å². The van der Waals surface area contributed by atoms with E-state index >= 15 is 0 Å². The monoisotopic (exact) mass is 395 g/mol. The first-order chi connectivity index (χ1) is 13.5. The van der Waals surface area contributed by atoms with Crippen LogP contribution >= 0.6 is 11.6 Å². The van der Waals surface area contributed by atoms with Gasteiger partial charge in [0.25, 0.3) is 5.91 Å². The third-order valence-electron chi connectivity index (χ3n) is 3.99. The lowest BCUT2D eigenvalue weighted by Crippen LogP contribution is -2.26. The summed E-state index contributed by atoms with van der Waals surface area (Å²) in [5.41, 5.74) is 1.78. The van der Waals surface area contributed by atoms with Crippen LogP contribution in [-0.4, -0.2) is 17.0 Å². The molecule has 0 bridgehead atoms. The van der Waals surface area contributed by atoms with Gasteiger partial charge in [-0.3, -0.25) is 9.59 Å². The van der Waals surface area contributed by atoms with E-state index in [0.29, 0.717) is 16.3 Å². The summed E-state index contributed by atoms with van der Waals surface area (Å²) >= 11 is 5.86. The zero-order valence-corrected chi connectivity index (χ0v) is 15.6. The Morgan fingerprint density at radius 1 is 0.929 bits per heavy atom. The van der Waals surface area contributed by atoms with Gasteiger partial charge in [0.2, 0.25) is 6.10 Å². The van der Waals surface area contributed by atoms with E-state index in [1.165, 1.54) is 12.1 Å². The fourth-order valence-electron chi connectivity index (χ4n) is 2.60. The third-order valence-corrected chi connectivity index (χ3v) is 4.24. The Hall–Kier alpha value is -3.31. The molecule has 0 aliphatic rings. The first-order valence-corrected chi connectivity index (χ1v) is 8.98. The quantitative estimate of drug-likeness (QED) is 0.475. The van der Waals surface area contributed by atoms with Crippen molar-refractivity contribution < 1.29 is 19.4 Å². The average molecular weight is 396 g/mol. The van der Waals surface area contributed by atoms with E-state index in [4.69, 9.17) is 16.3 Å². The van der Waals surface area contributed by atoms with Crippen molar-refractivity contribution >= 4 is 29.2 Å². The van der Waals surface area contributed by atoms with E-state index in [1.54, 1.807) is 60.7 Å². The number of carbonyl (C=O) groups is 2. The highest BCUT2D eigenvalue weighted by molar-refractivity contribution is 6.30. The molecule has 0 heterocycles. The summed E-state index contributed by atoms with van der Waals surface area (Å²) in [6.45, 7) is 0. The van der Waals surface area contributed by atoms with Crippen LogP contribution in [0.25, 0.3) is 0 Å². The predicted octanol–water partition coefficient (Wildman–Crippen LogP) is 4.51. The minimum absolute atomic E-state index is 0.0208. The molecule has 1 amide bonds. The van der Waals surface area contributed by atoms with Crippen LogP contribution in [0.4, 0.5) is 5.69 Å². The number of nitrogens with one attached hydrogen (secondary N) is 1. The van der Waals surface area contributed by atoms with E-state index in [1.807, 2.05) is 6.07 Å². The summed E-state index contributed by atoms with van der Waals surface area (Å²) in [4.78, 5) is 25.2. The number of hydrogen-bond donors (Lipinski definition) is 2. The molecule has 5 nitrogen and oxygen atoms in total. The number of halogens is 1. The molecule has 142 valence electrons. The Balaban J connectivity index is 1.75. The Morgan fingerprint density at radius 2 is 1.57 bits per heavy atom. The molecule has 0 aliphatic heterocycles. The molecule has 3 aromatic rings. The Labute approximate surface area is 167 Å². The normalized spacial score (nSPS) is 11.5. The number of carbonyl (C=O) groups excluding carboxylic acids is 2. The molecule has 1 unspecified atom stereocenters. The summed E-state index contributed by atoms with van der Waals surface area (Å²) < 4.78 is 5.50. The van der Waals surface area contributed by atoms with Gasteiger partial charge in [0.05, 0.1) is 6.42 Å². The Morgan fingerprint density at radius 3 is 2.21 bits per heavy atom. The summed E-state index contributed by atoms with van der Waals surface area (Å²) in [5, 5.41) is 12.6. The number of rotatable bonds is 6. The number of ether oxygens (including phenoxy) is 1. The zero-order chi connectivity index (χ0) is 19.9. The zero-order valence-electron chi connectivity index (χ0n) is 14.8. The lowest BCUT2D eigenvalue weighted by Gasteiger charge is -2.18. The lowest BCUT2D eigenvalue weighted by molar-refractivity contribution is -0.154. The fraction of sp³-hybridized carbons (Fsp3) is 0.0909. The van der Waals surface area contributed by atoms with Gasteiger partial charge in [0, 0.05) is 16.3 Å². The van der Waals surface area contributed by atoms with Crippen molar-refractivity contribution in [3.05, 3.63) is 95.0 Å². The second kappa shape index (κ2) is 9.06. The molecule has 2 N–H and O–H groups in total. The van der Waals surface area contributed by atoms with Crippen molar-refractivity contribution in [1.29, 1.82) is 0 Å². The maximum Gasteiger partial charge on any atom is 0.311 e. The number of aromatic hydroxyl groups is 1. The molecule has 0 spiro atoms. The van der Waals surface area contributed by atoms with Crippen LogP contribution in [0.5, 0.6) is 5.75 Å². The topological polar surface area (TPSA) is 75.6 Å². The van der Waals surface area contributed by atoms with Gasteiger partial charge in [-0.15, -0.1) is 0 Å². The van der Waals surface area contributed by atoms with Gasteiger partial charge in [-0.1, -0.05) is 54.1 Å². The fourth-order valence-corrected chi connectivity index (χ4v) is 2.72. The number of anilines is 1. The highest BCUT2D eigenvalue weighted by Crippen LogP contribution is 2.22. The van der Waals surface area contributed by atoms with Crippen LogP contribution in [0.2, 0.25) is 5.02 Å². The van der Waals surface area contributed by atoms with Crippen molar-refractivity contribution in [2.75, 3.05) is 5.32 Å². The first kappa shape index (κ1) is 19.5. The van der Waals surface area contributed by atoms with Crippen LogP contribution in [0.1, 0.15) is 17.2 Å². The second-order valence-corrected chi connectivity index (χ2v) is 6.56. The molecule has 0 fully saturated rings. The first-order valence-electron chi connectivity index (χ1n) is 8.60. The number of hydrogen-bond acceptors (Lipinski definition) is 4. The van der Waals surface area contributed by atoms with Crippen molar-refractivity contribution in [3.8, 4) is 5.75 Å². The average Bonchev–Trinajstić information content (AvgIpc) is 2.70. The van der Waals surface area contributed by atoms with Gasteiger partial charge in [-0.05, 0) is 42.0 Å². The van der Waals surface area contributed by atoms with Gasteiger partial charge < -0.3 is 15.2 Å². The summed E-state index contributed by atoms with van der Waals surface area (Å²) in [6, 6.07) is 21.7. The SMILES string of the molecule is O=C(Cc1ccc(Cl)cc1)OC(C(=O)Nc1ccc(O)cc1)c1ccccc1. The summed E-state index contributed by atoms with van der Waals surface area (Å²) in [5.74, 6) is -0.926. The van der Waals surface area contributed by atoms with Gasteiger partial charge in [0.15, 0.2) is 0 Å². The Kier molecular flexibility index (Phi) is 6.29. The maximum absolute atomic E-state index is 12.8. The molecule has 0 aliphatic carbocycles. The minimum atomic E-state index is -1.10. The van der Waals surface area contributed by atoms with Gasteiger partial charge in [0.1, 0.15) is 5.75 Å². The van der Waals surface area contributed by atoms with E-state index < -0.39 is 18.0 Å². The molecule has 0 radical (unpaired) electrons. The van der Waals surface area contributed by atoms with E-state index in [0.717, 1.165) is 5.56 Å². The van der Waals surface area contributed by atoms with E-state index in [2.05, 4.69) is 5.32 Å². The van der Waals surface area contributed by atoms with Gasteiger partial charge in [-0.25, -0.2) is 0 Å². The molecule has 6 heteroatoms. The van der Waals surface area contributed by atoms with Crippen molar-refractivity contribution in [3.63, 3.8) is 0 Å². The number of phenolic OH excluding ortho intramolecular Hbond substituents is 1. The molecular formula is C22H18ClNO4. The molecule has 28 heavy (non-hydrogen) atoms. The minimum Gasteiger partial charge on any atom is -0.508 e. The smallest absolute Gasteiger partial charge is 0.311 e. The standard InChI is InChI=1S/C22H18ClNO4/c23-17-8-6-15(7-9-17)14-20(26)28-21(16-4-2-1-3-5-16)22(27)24-18-10-12-19(25)13-11-18/h1-13,21,25H,14H2,(H,24,27). The maximum atomic E-state index is 12.8. The molecule has 0 saturated heterocycles. The number of amides is 1.